The van der Waals surface area contributed by atoms with Crippen molar-refractivity contribution in [2.45, 2.75) is 20.8 Å². The number of carbonyl (C=O) groups is 1. The van der Waals surface area contributed by atoms with E-state index < -0.39 is 5.97 Å². The van der Waals surface area contributed by atoms with Gasteiger partial charge in [0.25, 0.3) is 0 Å². The Bertz CT molecular complexity index is 880. The van der Waals surface area contributed by atoms with E-state index in [-0.39, 0.29) is 5.56 Å². The van der Waals surface area contributed by atoms with Crippen molar-refractivity contribution in [3.8, 4) is 16.9 Å². The number of aromatic nitrogens is 2. The van der Waals surface area contributed by atoms with Gasteiger partial charge in [-0.05, 0) is 32.4 Å². The van der Waals surface area contributed by atoms with Gasteiger partial charge in [-0.2, -0.15) is 5.10 Å². The number of aryl methyl sites for hydroxylation is 3. The van der Waals surface area contributed by atoms with Crippen LogP contribution in [0.25, 0.3) is 16.9 Å². The average molecular weight is 306 g/mol. The summed E-state index contributed by atoms with van der Waals surface area (Å²) in [5.41, 5.74) is 5.32. The van der Waals surface area contributed by atoms with E-state index in [2.05, 4.69) is 11.2 Å². The maximum absolute atomic E-state index is 11.7. The first-order valence-corrected chi connectivity index (χ1v) is 7.45. The first-order chi connectivity index (χ1) is 11.0. The third kappa shape index (κ3) is 2.63. The van der Waals surface area contributed by atoms with Gasteiger partial charge in [-0.1, -0.05) is 48.0 Å². The molecule has 4 heteroatoms. The van der Waals surface area contributed by atoms with Crippen molar-refractivity contribution < 1.29 is 9.90 Å². The summed E-state index contributed by atoms with van der Waals surface area (Å²) in [5.74, 6) is -0.961. The second-order valence-electron chi connectivity index (χ2n) is 5.68. The Kier molecular flexibility index (Phi) is 3.74. The molecule has 1 aromatic heterocycles. The highest BCUT2D eigenvalue weighted by Crippen LogP contribution is 2.30. The summed E-state index contributed by atoms with van der Waals surface area (Å²) in [6.07, 6.45) is 0. The lowest BCUT2D eigenvalue weighted by Crippen LogP contribution is -2.04. The Labute approximate surface area is 135 Å². The highest BCUT2D eigenvalue weighted by Gasteiger charge is 2.23. The molecule has 116 valence electrons. The Balaban J connectivity index is 2.34. The van der Waals surface area contributed by atoms with Gasteiger partial charge >= 0.3 is 5.97 Å². The molecule has 3 rings (SSSR count). The minimum absolute atomic E-state index is 0.246. The van der Waals surface area contributed by atoms with Crippen LogP contribution in [-0.2, 0) is 0 Å². The summed E-state index contributed by atoms with van der Waals surface area (Å²) >= 11 is 0. The van der Waals surface area contributed by atoms with Crippen LogP contribution in [0, 0.1) is 20.8 Å². The lowest BCUT2D eigenvalue weighted by molar-refractivity contribution is 0.0697. The predicted molar refractivity (Wildman–Crippen MR) is 90.2 cm³/mol. The molecule has 0 fully saturated rings. The largest absolute Gasteiger partial charge is 0.478 e. The van der Waals surface area contributed by atoms with Gasteiger partial charge in [0.1, 0.15) is 5.56 Å². The first kappa shape index (κ1) is 15.0. The van der Waals surface area contributed by atoms with Crippen LogP contribution in [0.5, 0.6) is 0 Å². The van der Waals surface area contributed by atoms with Crippen molar-refractivity contribution in [2.75, 3.05) is 0 Å². The summed E-state index contributed by atoms with van der Waals surface area (Å²) in [5, 5.41) is 14.1. The first-order valence-electron chi connectivity index (χ1n) is 7.45. The normalized spacial score (nSPS) is 10.7. The number of hydrogen-bond donors (Lipinski definition) is 1. The summed E-state index contributed by atoms with van der Waals surface area (Å²) < 4.78 is 1.74. The van der Waals surface area contributed by atoms with E-state index in [9.17, 15) is 9.90 Å². The maximum Gasteiger partial charge on any atom is 0.339 e. The molecule has 0 radical (unpaired) electrons. The highest BCUT2D eigenvalue weighted by atomic mass is 16.4. The van der Waals surface area contributed by atoms with E-state index in [1.54, 1.807) is 11.6 Å². The van der Waals surface area contributed by atoms with Crippen molar-refractivity contribution >= 4 is 5.97 Å². The lowest BCUT2D eigenvalue weighted by Gasteiger charge is -2.12. The molecule has 2 aromatic carbocycles. The van der Waals surface area contributed by atoms with Gasteiger partial charge in [0.2, 0.25) is 0 Å². The van der Waals surface area contributed by atoms with Crippen LogP contribution >= 0.6 is 0 Å². The van der Waals surface area contributed by atoms with Crippen LogP contribution in [0.2, 0.25) is 0 Å². The summed E-state index contributed by atoms with van der Waals surface area (Å²) in [6.45, 7) is 5.77. The molecule has 0 saturated heterocycles. The molecule has 4 nitrogen and oxygen atoms in total. The molecule has 23 heavy (non-hydrogen) atoms. The predicted octanol–water partition coefficient (Wildman–Crippen LogP) is 4.16. The fraction of sp³-hybridized carbons (Fsp3) is 0.158. The molecule has 0 aliphatic carbocycles. The molecule has 0 aliphatic rings. The minimum Gasteiger partial charge on any atom is -0.478 e. The zero-order valence-corrected chi connectivity index (χ0v) is 13.4. The molecule has 0 atom stereocenters. The minimum atomic E-state index is -0.961. The zero-order chi connectivity index (χ0) is 16.6. The Morgan fingerprint density at radius 3 is 2.35 bits per heavy atom. The summed E-state index contributed by atoms with van der Waals surface area (Å²) in [6, 6.07) is 15.6. The fourth-order valence-electron chi connectivity index (χ4n) is 2.86. The van der Waals surface area contributed by atoms with Crippen LogP contribution in [0.4, 0.5) is 0 Å². The SMILES string of the molecule is Cc1ccc(-n2nc(C)c(C(=O)O)c2-c2ccccc2)c(C)c1. The van der Waals surface area contributed by atoms with Crippen molar-refractivity contribution in [3.05, 3.63) is 70.9 Å². The van der Waals surface area contributed by atoms with Gasteiger partial charge in [0.15, 0.2) is 0 Å². The molecule has 0 spiro atoms. The van der Waals surface area contributed by atoms with Crippen LogP contribution in [-0.4, -0.2) is 20.9 Å². The van der Waals surface area contributed by atoms with Crippen molar-refractivity contribution in [1.29, 1.82) is 0 Å². The topological polar surface area (TPSA) is 55.1 Å². The standard InChI is InChI=1S/C19H18N2O2/c1-12-9-10-16(13(2)11-12)21-18(15-7-5-4-6-8-15)17(19(22)23)14(3)20-21/h4-11H,1-3H3,(H,22,23). The van der Waals surface area contributed by atoms with Crippen LogP contribution < -0.4 is 0 Å². The quantitative estimate of drug-likeness (QED) is 0.790. The van der Waals surface area contributed by atoms with Crippen molar-refractivity contribution in [3.63, 3.8) is 0 Å². The van der Waals surface area contributed by atoms with Crippen molar-refractivity contribution in [1.82, 2.24) is 9.78 Å². The zero-order valence-electron chi connectivity index (χ0n) is 13.4. The van der Waals surface area contributed by atoms with E-state index in [4.69, 9.17) is 0 Å². The molecule has 0 saturated carbocycles. The van der Waals surface area contributed by atoms with E-state index in [1.165, 1.54) is 0 Å². The Morgan fingerprint density at radius 1 is 1.04 bits per heavy atom. The number of aromatic carboxylic acids is 1. The van der Waals surface area contributed by atoms with Gasteiger partial charge < -0.3 is 5.11 Å². The van der Waals surface area contributed by atoms with E-state index in [0.717, 1.165) is 22.4 Å². The number of carboxylic acids is 1. The molecule has 0 bridgehead atoms. The monoisotopic (exact) mass is 306 g/mol. The fourth-order valence-corrected chi connectivity index (χ4v) is 2.86. The average Bonchev–Trinajstić information content (AvgIpc) is 2.85. The van der Waals surface area contributed by atoms with Crippen LogP contribution in [0.15, 0.2) is 48.5 Å². The highest BCUT2D eigenvalue weighted by molar-refractivity contribution is 5.96. The van der Waals surface area contributed by atoms with Gasteiger partial charge in [-0.15, -0.1) is 0 Å². The van der Waals surface area contributed by atoms with E-state index in [0.29, 0.717) is 11.4 Å². The molecular weight excluding hydrogens is 288 g/mol. The number of nitrogens with zero attached hydrogens (tertiary/aromatic N) is 2. The van der Waals surface area contributed by atoms with Gasteiger partial charge in [0, 0.05) is 5.56 Å². The molecule has 1 heterocycles. The second kappa shape index (κ2) is 5.72. The second-order valence-corrected chi connectivity index (χ2v) is 5.68. The number of benzene rings is 2. The lowest BCUT2D eigenvalue weighted by atomic mass is 10.0. The molecule has 0 amide bonds. The molecular formula is C19H18N2O2. The molecule has 0 aliphatic heterocycles. The van der Waals surface area contributed by atoms with E-state index >= 15 is 0 Å². The Hall–Kier alpha value is -2.88. The number of hydrogen-bond acceptors (Lipinski definition) is 2. The summed E-state index contributed by atoms with van der Waals surface area (Å²) in [7, 11) is 0. The Morgan fingerprint density at radius 2 is 1.74 bits per heavy atom. The summed E-state index contributed by atoms with van der Waals surface area (Å²) in [4.78, 5) is 11.7. The van der Waals surface area contributed by atoms with E-state index in [1.807, 2.05) is 56.3 Å². The van der Waals surface area contributed by atoms with Crippen molar-refractivity contribution in [2.24, 2.45) is 0 Å². The van der Waals surface area contributed by atoms with Gasteiger partial charge in [0.05, 0.1) is 17.1 Å². The molecule has 1 N–H and O–H groups in total. The molecule has 0 unspecified atom stereocenters. The smallest absolute Gasteiger partial charge is 0.339 e. The number of carboxylic acid groups (broad SMARTS) is 1. The van der Waals surface area contributed by atoms with Crippen LogP contribution in [0.1, 0.15) is 27.2 Å². The maximum atomic E-state index is 11.7. The van der Waals surface area contributed by atoms with Gasteiger partial charge in [-0.3, -0.25) is 0 Å². The third-order valence-electron chi connectivity index (χ3n) is 3.90. The van der Waals surface area contributed by atoms with Crippen LogP contribution in [0.3, 0.4) is 0 Å². The third-order valence-corrected chi connectivity index (χ3v) is 3.90. The molecule has 3 aromatic rings. The number of rotatable bonds is 3. The van der Waals surface area contributed by atoms with Gasteiger partial charge in [-0.25, -0.2) is 9.48 Å².